The molecule has 3 heterocycles. The van der Waals surface area contributed by atoms with Crippen LogP contribution >= 0.6 is 0 Å². The van der Waals surface area contributed by atoms with Crippen molar-refractivity contribution in [1.82, 2.24) is 24.5 Å². The minimum atomic E-state index is -0.407. The third-order valence-electron chi connectivity index (χ3n) is 5.91. The van der Waals surface area contributed by atoms with E-state index in [4.69, 9.17) is 5.73 Å². The number of nitriles is 1. The van der Waals surface area contributed by atoms with Crippen LogP contribution in [-0.4, -0.2) is 24.5 Å². The molecule has 0 spiro atoms. The van der Waals surface area contributed by atoms with Crippen LogP contribution in [0.5, 0.6) is 0 Å². The second-order valence-corrected chi connectivity index (χ2v) is 8.30. The lowest BCUT2D eigenvalue weighted by Gasteiger charge is -2.22. The van der Waals surface area contributed by atoms with E-state index in [0.29, 0.717) is 28.4 Å². The highest BCUT2D eigenvalue weighted by Gasteiger charge is 2.20. The molecule has 2 aromatic carbocycles. The van der Waals surface area contributed by atoms with E-state index < -0.39 is 6.04 Å². The molecule has 5 rings (SSSR count). The number of hydrogen-bond acceptors (Lipinski definition) is 8. The zero-order valence-electron chi connectivity index (χ0n) is 19.7. The maximum absolute atomic E-state index is 14.1. The molecule has 0 radical (unpaired) electrons. The molecule has 176 valence electrons. The van der Waals surface area contributed by atoms with Gasteiger partial charge < -0.3 is 11.1 Å². The lowest BCUT2D eigenvalue weighted by atomic mass is 9.99. The lowest BCUT2D eigenvalue weighted by molar-refractivity contribution is 0.772. The normalized spacial score (nSPS) is 11.7. The molecule has 0 bridgehead atoms. The quantitative estimate of drug-likeness (QED) is 0.387. The highest BCUT2D eigenvalue weighted by atomic mass is 16.1. The topological polar surface area (TPSA) is 135 Å². The van der Waals surface area contributed by atoms with E-state index in [1.54, 1.807) is 17.0 Å². The van der Waals surface area contributed by atoms with Gasteiger partial charge in [-0.3, -0.25) is 9.36 Å². The van der Waals surface area contributed by atoms with E-state index in [2.05, 4.69) is 31.3 Å². The monoisotopic (exact) mass is 474 g/mol. The molecule has 0 unspecified atom stereocenters. The van der Waals surface area contributed by atoms with Crippen molar-refractivity contribution < 1.29 is 0 Å². The Morgan fingerprint density at radius 3 is 2.50 bits per heavy atom. The molecule has 0 fully saturated rings. The zero-order valence-corrected chi connectivity index (χ0v) is 19.7. The van der Waals surface area contributed by atoms with Gasteiger partial charge in [0.1, 0.15) is 23.3 Å². The average Bonchev–Trinajstić information content (AvgIpc) is 2.89. The maximum atomic E-state index is 14.1. The average molecular weight is 475 g/mol. The predicted octanol–water partition coefficient (Wildman–Crippen LogP) is 4.17. The SMILES string of the molecule is Cc1ncc(-c2cccc3cc([C@H](C)Nc4nc(N)ncc4C#N)n(-c4ccccc4)c(=O)c23)cn1. The number of anilines is 2. The molecule has 1 atom stereocenters. The molecular formula is C27H22N8O. The number of aromatic nitrogens is 5. The standard InChI is InChI=1S/C27H22N8O/c1-16(33-25-19(12-28)13-32-27(29)34-25)23-11-18-7-6-10-22(20-14-30-17(2)31-15-20)24(18)26(36)35(23)21-8-4-3-5-9-21/h3-11,13-16H,1-2H3,(H3,29,32,33,34)/t16-/m0/s1. The summed E-state index contributed by atoms with van der Waals surface area (Å²) in [7, 11) is 0. The molecule has 0 aliphatic rings. The molecule has 9 nitrogen and oxygen atoms in total. The minimum Gasteiger partial charge on any atom is -0.368 e. The second-order valence-electron chi connectivity index (χ2n) is 8.30. The van der Waals surface area contributed by atoms with Crippen LogP contribution in [0, 0.1) is 18.3 Å². The molecule has 0 saturated carbocycles. The molecule has 0 aliphatic carbocycles. The van der Waals surface area contributed by atoms with Gasteiger partial charge in [0.05, 0.1) is 17.6 Å². The van der Waals surface area contributed by atoms with Gasteiger partial charge in [0, 0.05) is 29.3 Å². The van der Waals surface area contributed by atoms with Crippen LogP contribution in [0.2, 0.25) is 0 Å². The highest BCUT2D eigenvalue weighted by Crippen LogP contribution is 2.30. The maximum Gasteiger partial charge on any atom is 0.263 e. The number of nitrogen functional groups attached to an aromatic ring is 1. The minimum absolute atomic E-state index is 0.0487. The van der Waals surface area contributed by atoms with Crippen LogP contribution in [0.25, 0.3) is 27.6 Å². The van der Waals surface area contributed by atoms with Crippen LogP contribution in [-0.2, 0) is 0 Å². The summed E-state index contributed by atoms with van der Waals surface area (Å²) in [5, 5.41) is 14.1. The number of para-hydroxylation sites is 1. The number of fused-ring (bicyclic) bond motifs is 1. The van der Waals surface area contributed by atoms with E-state index >= 15 is 0 Å². The molecule has 5 aromatic rings. The Balaban J connectivity index is 1.74. The van der Waals surface area contributed by atoms with Crippen molar-refractivity contribution in [2.75, 3.05) is 11.1 Å². The molecule has 36 heavy (non-hydrogen) atoms. The van der Waals surface area contributed by atoms with Gasteiger partial charge in [-0.2, -0.15) is 10.2 Å². The third kappa shape index (κ3) is 4.12. The summed E-state index contributed by atoms with van der Waals surface area (Å²) in [5.41, 5.74) is 8.76. The first-order chi connectivity index (χ1) is 17.5. The number of rotatable bonds is 5. The number of pyridine rings is 1. The van der Waals surface area contributed by atoms with Gasteiger partial charge >= 0.3 is 0 Å². The summed E-state index contributed by atoms with van der Waals surface area (Å²) in [6.45, 7) is 3.72. The van der Waals surface area contributed by atoms with Crippen LogP contribution in [0.15, 0.2) is 78.0 Å². The summed E-state index contributed by atoms with van der Waals surface area (Å²) >= 11 is 0. The fraction of sp³-hybridized carbons (Fsp3) is 0.111. The number of aryl methyl sites for hydroxylation is 1. The van der Waals surface area contributed by atoms with Gasteiger partial charge in [-0.1, -0.05) is 36.4 Å². The van der Waals surface area contributed by atoms with Gasteiger partial charge in [-0.05, 0) is 43.0 Å². The first-order valence-corrected chi connectivity index (χ1v) is 11.3. The summed E-state index contributed by atoms with van der Waals surface area (Å²) in [6.07, 6.45) is 4.83. The Labute approximate surface area is 206 Å². The first-order valence-electron chi connectivity index (χ1n) is 11.3. The van der Waals surface area contributed by atoms with Gasteiger partial charge in [-0.25, -0.2) is 15.0 Å². The number of hydrogen-bond donors (Lipinski definition) is 2. The van der Waals surface area contributed by atoms with Gasteiger partial charge in [0.2, 0.25) is 5.95 Å². The summed E-state index contributed by atoms with van der Waals surface area (Å²) < 4.78 is 1.68. The van der Waals surface area contributed by atoms with Crippen LogP contribution in [0.3, 0.4) is 0 Å². The van der Waals surface area contributed by atoms with Gasteiger partial charge in [0.15, 0.2) is 0 Å². The number of nitrogens with one attached hydrogen (secondary N) is 1. The Bertz CT molecular complexity index is 1670. The lowest BCUT2D eigenvalue weighted by Crippen LogP contribution is -2.26. The van der Waals surface area contributed by atoms with Crippen molar-refractivity contribution in [3.05, 3.63) is 101 Å². The van der Waals surface area contributed by atoms with Crippen molar-refractivity contribution >= 4 is 22.5 Å². The van der Waals surface area contributed by atoms with Crippen LogP contribution in [0.4, 0.5) is 11.8 Å². The Morgan fingerprint density at radius 1 is 1.03 bits per heavy atom. The Morgan fingerprint density at radius 2 is 1.78 bits per heavy atom. The van der Waals surface area contributed by atoms with Crippen LogP contribution < -0.4 is 16.6 Å². The van der Waals surface area contributed by atoms with E-state index in [9.17, 15) is 10.1 Å². The smallest absolute Gasteiger partial charge is 0.263 e. The molecule has 0 saturated heterocycles. The van der Waals surface area contributed by atoms with E-state index in [1.165, 1.54) is 6.20 Å². The fourth-order valence-corrected chi connectivity index (χ4v) is 4.18. The summed E-state index contributed by atoms with van der Waals surface area (Å²) in [6, 6.07) is 18.8. The second kappa shape index (κ2) is 9.27. The van der Waals surface area contributed by atoms with E-state index in [1.807, 2.05) is 68.4 Å². The van der Waals surface area contributed by atoms with E-state index in [0.717, 1.165) is 16.5 Å². The Hall–Kier alpha value is -5.10. The molecule has 9 heteroatoms. The van der Waals surface area contributed by atoms with Crippen molar-refractivity contribution in [1.29, 1.82) is 5.26 Å². The Kier molecular flexibility index (Phi) is 5.84. The molecule has 0 aliphatic heterocycles. The summed E-state index contributed by atoms with van der Waals surface area (Å²) in [5.74, 6) is 1.01. The number of nitrogens with zero attached hydrogens (tertiary/aromatic N) is 6. The fourth-order valence-electron chi connectivity index (χ4n) is 4.18. The van der Waals surface area contributed by atoms with E-state index in [-0.39, 0.29) is 17.1 Å². The first kappa shape index (κ1) is 22.7. The molecule has 3 aromatic heterocycles. The summed E-state index contributed by atoms with van der Waals surface area (Å²) in [4.78, 5) is 30.8. The highest BCUT2D eigenvalue weighted by molar-refractivity contribution is 5.96. The molecule has 3 N–H and O–H groups in total. The van der Waals surface area contributed by atoms with Crippen molar-refractivity contribution in [3.8, 4) is 22.9 Å². The zero-order chi connectivity index (χ0) is 25.2. The number of nitrogens with two attached hydrogens (primary N) is 1. The van der Waals surface area contributed by atoms with Crippen molar-refractivity contribution in [2.45, 2.75) is 19.9 Å². The van der Waals surface area contributed by atoms with Crippen LogP contribution in [0.1, 0.15) is 30.0 Å². The van der Waals surface area contributed by atoms with Gasteiger partial charge in [-0.15, -0.1) is 0 Å². The molecule has 0 amide bonds. The molecular weight excluding hydrogens is 452 g/mol. The largest absolute Gasteiger partial charge is 0.368 e. The number of benzene rings is 2. The third-order valence-corrected chi connectivity index (χ3v) is 5.91. The van der Waals surface area contributed by atoms with Gasteiger partial charge in [0.25, 0.3) is 5.56 Å². The van der Waals surface area contributed by atoms with Crippen molar-refractivity contribution in [3.63, 3.8) is 0 Å². The predicted molar refractivity (Wildman–Crippen MR) is 139 cm³/mol. The van der Waals surface area contributed by atoms with Crippen molar-refractivity contribution in [2.24, 2.45) is 0 Å².